The Morgan fingerprint density at radius 3 is 2.03 bits per heavy atom. The monoisotopic (exact) mass is 432 g/mol. The summed E-state index contributed by atoms with van der Waals surface area (Å²) in [6.07, 6.45) is 0.817. The Bertz CT molecular complexity index is 957. The van der Waals surface area contributed by atoms with Gasteiger partial charge in [0.2, 0.25) is 0 Å². The Morgan fingerprint density at radius 2 is 1.57 bits per heavy atom. The van der Waals surface area contributed by atoms with Gasteiger partial charge in [-0.2, -0.15) is 0 Å². The first-order valence-corrected chi connectivity index (χ1v) is 11.8. The summed E-state index contributed by atoms with van der Waals surface area (Å²) >= 11 is 0. The number of aryl methyl sites for hydroxylation is 1. The normalized spacial score (nSPS) is 11.7. The lowest BCUT2D eigenvalue weighted by molar-refractivity contribution is 0.0697. The number of aromatic carboxylic acids is 1. The van der Waals surface area contributed by atoms with E-state index in [2.05, 4.69) is 37.3 Å². The molecule has 0 bridgehead atoms. The van der Waals surface area contributed by atoms with Crippen molar-refractivity contribution in [3.8, 4) is 0 Å². The molecule has 2 aromatic rings. The van der Waals surface area contributed by atoms with Gasteiger partial charge in [-0.05, 0) is 54.2 Å². The number of carboxylic acids is 1. The number of nitrogens with one attached hydrogen (secondary N) is 1. The van der Waals surface area contributed by atoms with E-state index in [1.54, 1.807) is 30.3 Å². The maximum absolute atomic E-state index is 13.0. The van der Waals surface area contributed by atoms with Gasteiger partial charge >= 0.3 is 5.97 Å². The SMILES string of the molecule is CCc1ccc(S(=O)(=O)Nc2cc(C(=O)O)ccc2N(CC(C)C)CC(C)C)cc1. The van der Waals surface area contributed by atoms with Crippen LogP contribution in [0, 0.1) is 11.8 Å². The number of rotatable bonds is 10. The quantitative estimate of drug-likeness (QED) is 0.559. The van der Waals surface area contributed by atoms with Crippen molar-refractivity contribution >= 4 is 27.4 Å². The molecule has 164 valence electrons. The van der Waals surface area contributed by atoms with Crippen LogP contribution in [0.25, 0.3) is 0 Å². The number of sulfonamides is 1. The van der Waals surface area contributed by atoms with Gasteiger partial charge in [-0.15, -0.1) is 0 Å². The van der Waals surface area contributed by atoms with E-state index >= 15 is 0 Å². The van der Waals surface area contributed by atoms with Gasteiger partial charge in [-0.1, -0.05) is 46.8 Å². The van der Waals surface area contributed by atoms with E-state index in [0.717, 1.165) is 25.1 Å². The summed E-state index contributed by atoms with van der Waals surface area (Å²) < 4.78 is 28.7. The average Bonchev–Trinajstić information content (AvgIpc) is 2.66. The topological polar surface area (TPSA) is 86.7 Å². The number of benzene rings is 2. The number of hydrogen-bond donors (Lipinski definition) is 2. The van der Waals surface area contributed by atoms with E-state index in [4.69, 9.17) is 0 Å². The highest BCUT2D eigenvalue weighted by molar-refractivity contribution is 7.92. The minimum atomic E-state index is -3.86. The lowest BCUT2D eigenvalue weighted by Crippen LogP contribution is -2.32. The molecule has 0 heterocycles. The van der Waals surface area contributed by atoms with Gasteiger partial charge in [-0.25, -0.2) is 13.2 Å². The fourth-order valence-electron chi connectivity index (χ4n) is 3.29. The van der Waals surface area contributed by atoms with Crippen LogP contribution in [-0.2, 0) is 16.4 Å². The first-order valence-electron chi connectivity index (χ1n) is 10.3. The lowest BCUT2D eigenvalue weighted by atomic mass is 10.1. The number of anilines is 2. The van der Waals surface area contributed by atoms with Crippen molar-refractivity contribution < 1.29 is 18.3 Å². The molecule has 30 heavy (non-hydrogen) atoms. The third-order valence-electron chi connectivity index (χ3n) is 4.64. The molecule has 0 saturated heterocycles. The summed E-state index contributed by atoms with van der Waals surface area (Å²) in [6, 6.07) is 11.3. The second kappa shape index (κ2) is 9.98. The van der Waals surface area contributed by atoms with Crippen LogP contribution in [0.2, 0.25) is 0 Å². The average molecular weight is 433 g/mol. The van der Waals surface area contributed by atoms with Crippen LogP contribution in [0.1, 0.15) is 50.5 Å². The molecule has 2 aromatic carbocycles. The van der Waals surface area contributed by atoms with Gasteiger partial charge in [0.1, 0.15) is 0 Å². The zero-order valence-corrected chi connectivity index (χ0v) is 19.2. The van der Waals surface area contributed by atoms with E-state index in [0.29, 0.717) is 17.5 Å². The van der Waals surface area contributed by atoms with Gasteiger partial charge in [-0.3, -0.25) is 4.72 Å². The smallest absolute Gasteiger partial charge is 0.335 e. The summed E-state index contributed by atoms with van der Waals surface area (Å²) in [5.41, 5.74) is 2.03. The number of hydrogen-bond acceptors (Lipinski definition) is 4. The van der Waals surface area contributed by atoms with Crippen LogP contribution in [0.5, 0.6) is 0 Å². The predicted octanol–water partition coefficient (Wildman–Crippen LogP) is 4.87. The summed E-state index contributed by atoms with van der Waals surface area (Å²) in [4.78, 5) is 13.8. The molecular formula is C23H32N2O4S. The van der Waals surface area contributed by atoms with E-state index in [1.807, 2.05) is 6.92 Å². The molecule has 0 unspecified atom stereocenters. The minimum absolute atomic E-state index is 0.0341. The largest absolute Gasteiger partial charge is 0.478 e. The zero-order valence-electron chi connectivity index (χ0n) is 18.3. The Labute approximate surface area is 180 Å². The van der Waals surface area contributed by atoms with Crippen LogP contribution in [0.4, 0.5) is 11.4 Å². The van der Waals surface area contributed by atoms with Crippen molar-refractivity contribution in [1.82, 2.24) is 0 Å². The molecule has 0 fully saturated rings. The summed E-state index contributed by atoms with van der Waals surface area (Å²) in [5.74, 6) is -0.392. The first-order chi connectivity index (χ1) is 14.0. The molecular weight excluding hydrogens is 400 g/mol. The Hall–Kier alpha value is -2.54. The third-order valence-corrected chi connectivity index (χ3v) is 6.02. The van der Waals surface area contributed by atoms with Crippen molar-refractivity contribution in [2.24, 2.45) is 11.8 Å². The highest BCUT2D eigenvalue weighted by atomic mass is 32.2. The molecule has 0 radical (unpaired) electrons. The number of nitrogens with zero attached hydrogens (tertiary/aromatic N) is 1. The predicted molar refractivity (Wildman–Crippen MR) is 122 cm³/mol. The van der Waals surface area contributed by atoms with E-state index < -0.39 is 16.0 Å². The molecule has 0 aliphatic carbocycles. The number of carboxylic acid groups (broad SMARTS) is 1. The molecule has 0 atom stereocenters. The van der Waals surface area contributed by atoms with Crippen molar-refractivity contribution in [1.29, 1.82) is 0 Å². The van der Waals surface area contributed by atoms with Crippen LogP contribution < -0.4 is 9.62 Å². The third kappa shape index (κ3) is 6.23. The Balaban J connectivity index is 2.51. The van der Waals surface area contributed by atoms with Gasteiger partial charge < -0.3 is 10.0 Å². The van der Waals surface area contributed by atoms with Crippen LogP contribution >= 0.6 is 0 Å². The molecule has 2 N–H and O–H groups in total. The van der Waals surface area contributed by atoms with E-state index in [9.17, 15) is 18.3 Å². The van der Waals surface area contributed by atoms with Crippen molar-refractivity contribution in [2.45, 2.75) is 45.9 Å². The van der Waals surface area contributed by atoms with Gasteiger partial charge in [0.15, 0.2) is 0 Å². The fourth-order valence-corrected chi connectivity index (χ4v) is 4.35. The second-order valence-electron chi connectivity index (χ2n) is 8.33. The highest BCUT2D eigenvalue weighted by Gasteiger charge is 2.21. The summed E-state index contributed by atoms with van der Waals surface area (Å²) in [5, 5.41) is 9.41. The number of carbonyl (C=O) groups is 1. The molecule has 0 aliphatic rings. The molecule has 2 rings (SSSR count). The fraction of sp³-hybridized carbons (Fsp3) is 0.435. The van der Waals surface area contributed by atoms with Crippen LogP contribution in [-0.4, -0.2) is 32.6 Å². The molecule has 0 saturated carbocycles. The summed E-state index contributed by atoms with van der Waals surface area (Å²) in [6.45, 7) is 11.8. The minimum Gasteiger partial charge on any atom is -0.478 e. The summed E-state index contributed by atoms with van der Waals surface area (Å²) in [7, 11) is -3.86. The Kier molecular flexibility index (Phi) is 7.89. The molecule has 0 amide bonds. The van der Waals surface area contributed by atoms with E-state index in [1.165, 1.54) is 12.1 Å². The van der Waals surface area contributed by atoms with Crippen molar-refractivity contribution in [3.63, 3.8) is 0 Å². The molecule has 7 heteroatoms. The lowest BCUT2D eigenvalue weighted by Gasteiger charge is -2.30. The molecule has 0 spiro atoms. The molecule has 0 aliphatic heterocycles. The van der Waals surface area contributed by atoms with Crippen molar-refractivity contribution in [2.75, 3.05) is 22.7 Å². The van der Waals surface area contributed by atoms with Gasteiger partial charge in [0.05, 0.1) is 21.8 Å². The standard InChI is InChI=1S/C23H32N2O4S/c1-6-18-7-10-20(11-8-18)30(28,29)24-21-13-19(23(26)27)9-12-22(21)25(14-16(2)3)15-17(4)5/h7-13,16-17,24H,6,14-15H2,1-5H3,(H,26,27). The van der Waals surface area contributed by atoms with Crippen molar-refractivity contribution in [3.05, 3.63) is 53.6 Å². The molecule has 0 aromatic heterocycles. The first kappa shape index (κ1) is 23.7. The zero-order chi connectivity index (χ0) is 22.5. The van der Waals surface area contributed by atoms with Gasteiger partial charge in [0, 0.05) is 13.1 Å². The second-order valence-corrected chi connectivity index (χ2v) is 10.0. The maximum atomic E-state index is 13.0. The maximum Gasteiger partial charge on any atom is 0.335 e. The van der Waals surface area contributed by atoms with Gasteiger partial charge in [0.25, 0.3) is 10.0 Å². The molecule has 6 nitrogen and oxygen atoms in total. The Morgan fingerprint density at radius 1 is 1.00 bits per heavy atom. The van der Waals surface area contributed by atoms with Crippen LogP contribution in [0.3, 0.4) is 0 Å². The highest BCUT2D eigenvalue weighted by Crippen LogP contribution is 2.31. The van der Waals surface area contributed by atoms with Crippen LogP contribution in [0.15, 0.2) is 47.4 Å². The van der Waals surface area contributed by atoms with E-state index in [-0.39, 0.29) is 16.1 Å².